The van der Waals surface area contributed by atoms with Crippen LogP contribution >= 0.6 is 11.8 Å². The minimum Gasteiger partial charge on any atom is -0.348 e. The SMILES string of the molecule is Cc1nc(CSc2ccccc2C(=O)Nc2ccc3c(c2)C(=O)NC3)no1. The molecule has 4 rings (SSSR count). The van der Waals surface area contributed by atoms with Crippen LogP contribution in [0.1, 0.15) is 38.0 Å². The van der Waals surface area contributed by atoms with Gasteiger partial charge in [-0.3, -0.25) is 9.59 Å². The lowest BCUT2D eigenvalue weighted by molar-refractivity contribution is 0.0964. The van der Waals surface area contributed by atoms with Crippen LogP contribution in [0.3, 0.4) is 0 Å². The van der Waals surface area contributed by atoms with E-state index >= 15 is 0 Å². The van der Waals surface area contributed by atoms with Gasteiger partial charge in [-0.1, -0.05) is 23.4 Å². The number of carbonyl (C=O) groups excluding carboxylic acids is 2. The predicted molar refractivity (Wildman–Crippen MR) is 101 cm³/mol. The number of anilines is 1. The van der Waals surface area contributed by atoms with Gasteiger partial charge in [-0.05, 0) is 29.8 Å². The molecule has 0 radical (unpaired) electrons. The second-order valence-electron chi connectivity index (χ2n) is 6.02. The largest absolute Gasteiger partial charge is 0.348 e. The molecule has 27 heavy (non-hydrogen) atoms. The topological polar surface area (TPSA) is 97.1 Å². The molecule has 8 heteroatoms. The summed E-state index contributed by atoms with van der Waals surface area (Å²) >= 11 is 1.46. The summed E-state index contributed by atoms with van der Waals surface area (Å²) in [4.78, 5) is 29.5. The zero-order valence-electron chi connectivity index (χ0n) is 14.5. The first-order valence-corrected chi connectivity index (χ1v) is 9.32. The number of amides is 2. The third-order valence-corrected chi connectivity index (χ3v) is 5.18. The zero-order valence-corrected chi connectivity index (χ0v) is 15.3. The van der Waals surface area contributed by atoms with E-state index in [2.05, 4.69) is 20.8 Å². The van der Waals surface area contributed by atoms with Gasteiger partial charge in [0.15, 0.2) is 5.82 Å². The molecule has 0 aliphatic carbocycles. The van der Waals surface area contributed by atoms with Crippen molar-refractivity contribution in [1.82, 2.24) is 15.5 Å². The summed E-state index contributed by atoms with van der Waals surface area (Å²) in [7, 11) is 0. The third-order valence-electron chi connectivity index (χ3n) is 4.11. The fourth-order valence-corrected chi connectivity index (χ4v) is 3.70. The van der Waals surface area contributed by atoms with Gasteiger partial charge in [-0.15, -0.1) is 11.8 Å². The molecule has 2 amide bonds. The van der Waals surface area contributed by atoms with Crippen molar-refractivity contribution in [3.05, 3.63) is 70.9 Å². The molecule has 2 heterocycles. The lowest BCUT2D eigenvalue weighted by atomic mass is 10.1. The molecular weight excluding hydrogens is 364 g/mol. The fraction of sp³-hybridized carbons (Fsp3) is 0.158. The van der Waals surface area contributed by atoms with Gasteiger partial charge >= 0.3 is 0 Å². The van der Waals surface area contributed by atoms with Gasteiger partial charge in [0.1, 0.15) is 0 Å². The van der Waals surface area contributed by atoms with Crippen molar-refractivity contribution < 1.29 is 14.1 Å². The van der Waals surface area contributed by atoms with E-state index in [4.69, 9.17) is 4.52 Å². The van der Waals surface area contributed by atoms with E-state index < -0.39 is 0 Å². The molecule has 2 aromatic carbocycles. The summed E-state index contributed by atoms with van der Waals surface area (Å²) < 4.78 is 4.97. The number of hydrogen-bond acceptors (Lipinski definition) is 6. The van der Waals surface area contributed by atoms with Gasteiger partial charge in [0.2, 0.25) is 5.89 Å². The van der Waals surface area contributed by atoms with Crippen LogP contribution in [0, 0.1) is 6.92 Å². The molecule has 0 bridgehead atoms. The molecule has 1 aromatic heterocycles. The van der Waals surface area contributed by atoms with Gasteiger partial charge in [-0.25, -0.2) is 0 Å². The highest BCUT2D eigenvalue weighted by molar-refractivity contribution is 7.98. The maximum Gasteiger partial charge on any atom is 0.256 e. The number of hydrogen-bond donors (Lipinski definition) is 2. The summed E-state index contributed by atoms with van der Waals surface area (Å²) in [6.07, 6.45) is 0. The highest BCUT2D eigenvalue weighted by Gasteiger charge is 2.20. The number of nitrogens with one attached hydrogen (secondary N) is 2. The monoisotopic (exact) mass is 380 g/mol. The predicted octanol–water partition coefficient (Wildman–Crippen LogP) is 3.17. The van der Waals surface area contributed by atoms with Crippen LogP contribution < -0.4 is 10.6 Å². The van der Waals surface area contributed by atoms with Crippen molar-refractivity contribution in [1.29, 1.82) is 0 Å². The van der Waals surface area contributed by atoms with Crippen LogP contribution in [0.2, 0.25) is 0 Å². The Kier molecular flexibility index (Phi) is 4.64. The van der Waals surface area contributed by atoms with E-state index in [-0.39, 0.29) is 11.8 Å². The number of rotatable bonds is 5. The van der Waals surface area contributed by atoms with Gasteiger partial charge < -0.3 is 15.2 Å². The van der Waals surface area contributed by atoms with E-state index in [0.29, 0.717) is 40.8 Å². The normalized spacial score (nSPS) is 12.6. The van der Waals surface area contributed by atoms with Crippen molar-refractivity contribution >= 4 is 29.3 Å². The Labute approximate surface area is 159 Å². The summed E-state index contributed by atoms with van der Waals surface area (Å²) in [5.41, 5.74) is 2.67. The van der Waals surface area contributed by atoms with E-state index in [0.717, 1.165) is 10.5 Å². The van der Waals surface area contributed by atoms with E-state index in [9.17, 15) is 9.59 Å². The van der Waals surface area contributed by atoms with E-state index in [1.54, 1.807) is 25.1 Å². The maximum absolute atomic E-state index is 12.8. The molecule has 7 nitrogen and oxygen atoms in total. The molecule has 0 spiro atoms. The summed E-state index contributed by atoms with van der Waals surface area (Å²) in [5.74, 6) is 1.24. The maximum atomic E-state index is 12.8. The second-order valence-corrected chi connectivity index (χ2v) is 7.04. The molecule has 0 unspecified atom stereocenters. The van der Waals surface area contributed by atoms with Gasteiger partial charge in [0.05, 0.1) is 11.3 Å². The Hall–Kier alpha value is -3.13. The van der Waals surface area contributed by atoms with Crippen LogP contribution in [-0.2, 0) is 12.3 Å². The van der Waals surface area contributed by atoms with Crippen molar-refractivity contribution in [2.45, 2.75) is 24.1 Å². The van der Waals surface area contributed by atoms with Crippen LogP contribution in [0.15, 0.2) is 51.9 Å². The van der Waals surface area contributed by atoms with E-state index in [1.165, 1.54) is 11.8 Å². The molecule has 0 atom stereocenters. The van der Waals surface area contributed by atoms with Crippen LogP contribution in [0.4, 0.5) is 5.69 Å². The number of benzene rings is 2. The summed E-state index contributed by atoms with van der Waals surface area (Å²) in [6.45, 7) is 2.26. The number of aryl methyl sites for hydroxylation is 1. The quantitative estimate of drug-likeness (QED) is 0.660. The Morgan fingerprint density at radius 1 is 1.30 bits per heavy atom. The molecule has 0 saturated heterocycles. The Balaban J connectivity index is 1.50. The summed E-state index contributed by atoms with van der Waals surface area (Å²) in [5, 5.41) is 9.50. The lowest BCUT2D eigenvalue weighted by Gasteiger charge is -2.10. The molecule has 1 aliphatic rings. The molecule has 0 fully saturated rings. The van der Waals surface area contributed by atoms with Crippen LogP contribution in [0.25, 0.3) is 0 Å². The average molecular weight is 380 g/mol. The average Bonchev–Trinajstić information content (AvgIpc) is 3.26. The number of aromatic nitrogens is 2. The first kappa shape index (κ1) is 17.3. The minimum absolute atomic E-state index is 0.118. The van der Waals surface area contributed by atoms with Crippen molar-refractivity contribution in [3.63, 3.8) is 0 Å². The number of fused-ring (bicyclic) bond motifs is 1. The van der Waals surface area contributed by atoms with Gasteiger partial charge in [0.25, 0.3) is 11.8 Å². The fourth-order valence-electron chi connectivity index (χ4n) is 2.81. The van der Waals surface area contributed by atoms with Crippen molar-refractivity contribution in [3.8, 4) is 0 Å². The van der Waals surface area contributed by atoms with Crippen molar-refractivity contribution in [2.24, 2.45) is 0 Å². The first-order valence-electron chi connectivity index (χ1n) is 8.33. The van der Waals surface area contributed by atoms with Gasteiger partial charge in [-0.2, -0.15) is 4.98 Å². The minimum atomic E-state index is -0.235. The number of nitrogens with zero attached hydrogens (tertiary/aromatic N) is 2. The highest BCUT2D eigenvalue weighted by Crippen LogP contribution is 2.27. The smallest absolute Gasteiger partial charge is 0.256 e. The lowest BCUT2D eigenvalue weighted by Crippen LogP contribution is -2.14. The number of thioether (sulfide) groups is 1. The first-order chi connectivity index (χ1) is 13.1. The third kappa shape index (κ3) is 3.70. The van der Waals surface area contributed by atoms with Gasteiger partial charge in [0, 0.05) is 29.6 Å². The Bertz CT molecular complexity index is 1030. The van der Waals surface area contributed by atoms with Crippen LogP contribution in [-0.4, -0.2) is 22.0 Å². The van der Waals surface area contributed by atoms with E-state index in [1.807, 2.05) is 24.3 Å². The molecule has 1 aliphatic heterocycles. The molecule has 136 valence electrons. The van der Waals surface area contributed by atoms with Crippen molar-refractivity contribution in [2.75, 3.05) is 5.32 Å². The van der Waals surface area contributed by atoms with Crippen LogP contribution in [0.5, 0.6) is 0 Å². The standard InChI is InChI=1S/C19H16N4O3S/c1-11-21-17(23-26-11)10-27-16-5-3-2-4-14(16)19(25)22-13-7-6-12-9-20-18(24)15(12)8-13/h2-8H,9-10H2,1H3,(H,20,24)(H,22,25). The molecule has 2 N–H and O–H groups in total. The molecular formula is C19H16N4O3S. The summed E-state index contributed by atoms with van der Waals surface area (Å²) in [6, 6.07) is 12.7. The zero-order chi connectivity index (χ0) is 18.8. The Morgan fingerprint density at radius 3 is 2.96 bits per heavy atom. The number of carbonyl (C=O) groups is 2. The second kappa shape index (κ2) is 7.24. The molecule has 0 saturated carbocycles. The molecule has 3 aromatic rings. The Morgan fingerprint density at radius 2 is 2.15 bits per heavy atom. The highest BCUT2D eigenvalue weighted by atomic mass is 32.2.